The highest BCUT2D eigenvalue weighted by molar-refractivity contribution is 5.94. The molecule has 23 heavy (non-hydrogen) atoms. The van der Waals surface area contributed by atoms with Gasteiger partial charge in [0.05, 0.1) is 6.54 Å². The molecular weight excluding hydrogens is 292 g/mol. The van der Waals surface area contributed by atoms with Gasteiger partial charge in [-0.25, -0.2) is 0 Å². The van der Waals surface area contributed by atoms with Crippen LogP contribution in [0.5, 0.6) is 5.75 Å². The van der Waals surface area contributed by atoms with E-state index in [1.165, 1.54) is 0 Å². The standard InChI is InChI=1S/C18H16N2O3/c19-17(21)13-23-16-10-4-9-15(12-16)18(22)20-11-5-8-14-6-2-1-3-7-14/h1-4,6-7,9-10,12H,11,13H2,(H2,19,21)(H,20,22). The number of carbonyl (C=O) groups excluding carboxylic acids is 2. The Morgan fingerprint density at radius 3 is 2.61 bits per heavy atom. The van der Waals surface area contributed by atoms with Crippen LogP contribution in [0.3, 0.4) is 0 Å². The van der Waals surface area contributed by atoms with Crippen LogP contribution in [0.2, 0.25) is 0 Å². The van der Waals surface area contributed by atoms with Crippen LogP contribution >= 0.6 is 0 Å². The molecule has 5 nitrogen and oxygen atoms in total. The highest BCUT2D eigenvalue weighted by Crippen LogP contribution is 2.13. The van der Waals surface area contributed by atoms with E-state index in [0.29, 0.717) is 11.3 Å². The maximum Gasteiger partial charge on any atom is 0.255 e. The lowest BCUT2D eigenvalue weighted by atomic mass is 10.2. The van der Waals surface area contributed by atoms with Gasteiger partial charge in [0, 0.05) is 11.1 Å². The molecule has 0 aliphatic carbocycles. The summed E-state index contributed by atoms with van der Waals surface area (Å²) in [6.07, 6.45) is 0. The van der Waals surface area contributed by atoms with E-state index in [2.05, 4.69) is 17.2 Å². The third kappa shape index (κ3) is 5.56. The van der Waals surface area contributed by atoms with Crippen molar-refractivity contribution >= 4 is 11.8 Å². The van der Waals surface area contributed by atoms with Gasteiger partial charge in [-0.15, -0.1) is 0 Å². The Hall–Kier alpha value is -3.26. The van der Waals surface area contributed by atoms with Gasteiger partial charge in [-0.05, 0) is 30.3 Å². The molecule has 116 valence electrons. The van der Waals surface area contributed by atoms with Crippen LogP contribution in [0.4, 0.5) is 0 Å². The maximum absolute atomic E-state index is 12.0. The minimum atomic E-state index is -0.573. The summed E-state index contributed by atoms with van der Waals surface area (Å²) in [4.78, 5) is 22.7. The fourth-order valence-corrected chi connectivity index (χ4v) is 1.78. The van der Waals surface area contributed by atoms with E-state index in [1.54, 1.807) is 24.3 Å². The lowest BCUT2D eigenvalue weighted by Crippen LogP contribution is -2.24. The van der Waals surface area contributed by atoms with Crippen LogP contribution in [0.15, 0.2) is 54.6 Å². The second-order valence-electron chi connectivity index (χ2n) is 4.63. The summed E-state index contributed by atoms with van der Waals surface area (Å²) < 4.78 is 5.16. The zero-order valence-corrected chi connectivity index (χ0v) is 12.4. The third-order valence-electron chi connectivity index (χ3n) is 2.82. The number of hydrogen-bond donors (Lipinski definition) is 2. The van der Waals surface area contributed by atoms with Crippen LogP contribution in [0.25, 0.3) is 0 Å². The highest BCUT2D eigenvalue weighted by atomic mass is 16.5. The number of nitrogens with one attached hydrogen (secondary N) is 1. The van der Waals surface area contributed by atoms with Crippen LogP contribution in [-0.4, -0.2) is 25.0 Å². The number of benzene rings is 2. The van der Waals surface area contributed by atoms with Crippen molar-refractivity contribution in [3.63, 3.8) is 0 Å². The van der Waals surface area contributed by atoms with Crippen molar-refractivity contribution in [1.29, 1.82) is 0 Å². The van der Waals surface area contributed by atoms with Gasteiger partial charge < -0.3 is 15.8 Å². The van der Waals surface area contributed by atoms with Gasteiger partial charge in [0.15, 0.2) is 6.61 Å². The first-order chi connectivity index (χ1) is 11.1. The number of ether oxygens (including phenoxy) is 1. The Balaban J connectivity index is 1.89. The molecule has 0 fully saturated rings. The summed E-state index contributed by atoms with van der Waals surface area (Å²) >= 11 is 0. The molecule has 5 heteroatoms. The predicted octanol–water partition coefficient (Wildman–Crippen LogP) is 1.33. The van der Waals surface area contributed by atoms with E-state index in [4.69, 9.17) is 10.5 Å². The molecule has 0 radical (unpaired) electrons. The van der Waals surface area contributed by atoms with E-state index in [9.17, 15) is 9.59 Å². The lowest BCUT2D eigenvalue weighted by Gasteiger charge is -2.06. The highest BCUT2D eigenvalue weighted by Gasteiger charge is 2.06. The Labute approximate surface area is 134 Å². The molecule has 0 aliphatic rings. The van der Waals surface area contributed by atoms with Crippen molar-refractivity contribution in [2.75, 3.05) is 13.2 Å². The summed E-state index contributed by atoms with van der Waals surface area (Å²) in [6, 6.07) is 16.0. The van der Waals surface area contributed by atoms with Crippen LogP contribution in [0.1, 0.15) is 15.9 Å². The van der Waals surface area contributed by atoms with E-state index >= 15 is 0 Å². The fourth-order valence-electron chi connectivity index (χ4n) is 1.78. The van der Waals surface area contributed by atoms with Gasteiger partial charge in [0.2, 0.25) is 0 Å². The van der Waals surface area contributed by atoms with Crippen molar-refractivity contribution in [2.24, 2.45) is 5.73 Å². The Kier molecular flexibility index (Phi) is 5.78. The summed E-state index contributed by atoms with van der Waals surface area (Å²) in [5.41, 5.74) is 6.33. The molecule has 0 atom stereocenters. The molecule has 0 aromatic heterocycles. The van der Waals surface area contributed by atoms with Crippen molar-refractivity contribution in [3.05, 3.63) is 65.7 Å². The Bertz CT molecular complexity index is 746. The average Bonchev–Trinajstić information content (AvgIpc) is 2.58. The van der Waals surface area contributed by atoms with E-state index in [1.807, 2.05) is 30.3 Å². The topological polar surface area (TPSA) is 81.4 Å². The van der Waals surface area contributed by atoms with Gasteiger partial charge in [0.1, 0.15) is 5.75 Å². The van der Waals surface area contributed by atoms with Crippen LogP contribution in [-0.2, 0) is 4.79 Å². The molecule has 0 saturated heterocycles. The van der Waals surface area contributed by atoms with Crippen molar-refractivity contribution in [2.45, 2.75) is 0 Å². The average molecular weight is 308 g/mol. The van der Waals surface area contributed by atoms with Gasteiger partial charge in [0.25, 0.3) is 11.8 Å². The number of rotatable bonds is 5. The summed E-state index contributed by atoms with van der Waals surface area (Å²) in [7, 11) is 0. The zero-order valence-electron chi connectivity index (χ0n) is 12.4. The number of nitrogens with two attached hydrogens (primary N) is 1. The van der Waals surface area contributed by atoms with Crippen molar-refractivity contribution < 1.29 is 14.3 Å². The molecule has 0 unspecified atom stereocenters. The first-order valence-electron chi connectivity index (χ1n) is 6.98. The quantitative estimate of drug-likeness (QED) is 0.818. The largest absolute Gasteiger partial charge is 0.484 e. The third-order valence-corrected chi connectivity index (χ3v) is 2.82. The monoisotopic (exact) mass is 308 g/mol. The smallest absolute Gasteiger partial charge is 0.255 e. The van der Waals surface area contributed by atoms with Gasteiger partial charge in [-0.2, -0.15) is 0 Å². The van der Waals surface area contributed by atoms with Crippen molar-refractivity contribution in [3.8, 4) is 17.6 Å². The minimum Gasteiger partial charge on any atom is -0.484 e. The second-order valence-corrected chi connectivity index (χ2v) is 4.63. The first kappa shape index (κ1) is 16.1. The molecule has 0 aliphatic heterocycles. The Morgan fingerprint density at radius 1 is 1.09 bits per heavy atom. The van der Waals surface area contributed by atoms with E-state index < -0.39 is 5.91 Å². The molecule has 3 N–H and O–H groups in total. The molecular formula is C18H16N2O3. The number of hydrogen-bond acceptors (Lipinski definition) is 3. The molecule has 0 saturated carbocycles. The van der Waals surface area contributed by atoms with Gasteiger partial charge in [-0.1, -0.05) is 36.1 Å². The summed E-state index contributed by atoms with van der Waals surface area (Å²) in [5, 5.41) is 2.70. The molecule has 2 aromatic carbocycles. The van der Waals surface area contributed by atoms with Crippen LogP contribution in [0, 0.1) is 11.8 Å². The molecule has 0 heterocycles. The van der Waals surface area contributed by atoms with Gasteiger partial charge in [-0.3, -0.25) is 9.59 Å². The molecule has 0 spiro atoms. The molecule has 2 rings (SSSR count). The number of carbonyl (C=O) groups is 2. The van der Waals surface area contributed by atoms with Crippen molar-refractivity contribution in [1.82, 2.24) is 5.32 Å². The summed E-state index contributed by atoms with van der Waals surface area (Å²) in [6.45, 7) is 0.00766. The maximum atomic E-state index is 12.0. The molecule has 2 aromatic rings. The normalized spacial score (nSPS) is 9.39. The zero-order chi connectivity index (χ0) is 16.5. The van der Waals surface area contributed by atoms with E-state index in [-0.39, 0.29) is 19.1 Å². The first-order valence-corrected chi connectivity index (χ1v) is 6.98. The number of primary amides is 1. The predicted molar refractivity (Wildman–Crippen MR) is 86.8 cm³/mol. The second kappa shape index (κ2) is 8.25. The van der Waals surface area contributed by atoms with Gasteiger partial charge >= 0.3 is 0 Å². The Morgan fingerprint density at radius 2 is 1.87 bits per heavy atom. The molecule has 0 bridgehead atoms. The molecule has 2 amide bonds. The minimum absolute atomic E-state index is 0.229. The van der Waals surface area contributed by atoms with Crippen LogP contribution < -0.4 is 15.8 Å². The van der Waals surface area contributed by atoms with E-state index in [0.717, 1.165) is 5.56 Å². The summed E-state index contributed by atoms with van der Waals surface area (Å²) in [5.74, 6) is 5.41. The fraction of sp³-hybridized carbons (Fsp3) is 0.111. The SMILES string of the molecule is NC(=O)COc1cccc(C(=O)NCC#Cc2ccccc2)c1. The number of amides is 2. The lowest BCUT2D eigenvalue weighted by molar-refractivity contribution is -0.119.